The highest BCUT2D eigenvalue weighted by Gasteiger charge is 2.26. The highest BCUT2D eigenvalue weighted by Crippen LogP contribution is 2.21. The summed E-state index contributed by atoms with van der Waals surface area (Å²) in [5.74, 6) is 0. The van der Waals surface area contributed by atoms with Crippen molar-refractivity contribution in [1.29, 1.82) is 5.26 Å². The summed E-state index contributed by atoms with van der Waals surface area (Å²) < 4.78 is 15.8. The van der Waals surface area contributed by atoms with Gasteiger partial charge in [0.15, 0.2) is 0 Å². The van der Waals surface area contributed by atoms with Gasteiger partial charge in [0.2, 0.25) is 0 Å². The van der Waals surface area contributed by atoms with Crippen LogP contribution in [0.1, 0.15) is 18.4 Å². The Morgan fingerprint density at radius 1 is 1.05 bits per heavy atom. The van der Waals surface area contributed by atoms with Crippen LogP contribution in [0.15, 0.2) is 30.3 Å². The molecular weight excluding hydrogens is 268 g/mol. The molecule has 0 aromatic heterocycles. The Balaban J connectivity index is 2.17. The second-order valence-corrected chi connectivity index (χ2v) is 4.77. The molecule has 1 rings (SSSR count). The molecule has 1 atom stereocenters. The van der Waals surface area contributed by atoms with E-state index in [9.17, 15) is 5.26 Å². The average molecular weight is 292 g/mol. The van der Waals surface area contributed by atoms with Crippen molar-refractivity contribution in [1.82, 2.24) is 0 Å². The first kappa shape index (κ1) is 17.6. The van der Waals surface area contributed by atoms with Gasteiger partial charge in [0.1, 0.15) is 5.54 Å². The van der Waals surface area contributed by atoms with Crippen LogP contribution in [0.25, 0.3) is 0 Å². The Kier molecular flexibility index (Phi) is 8.63. The first-order valence-corrected chi connectivity index (χ1v) is 7.13. The van der Waals surface area contributed by atoms with E-state index in [1.54, 1.807) is 7.11 Å². The van der Waals surface area contributed by atoms with E-state index >= 15 is 0 Å². The third kappa shape index (κ3) is 6.69. The summed E-state index contributed by atoms with van der Waals surface area (Å²) in [6.07, 6.45) is 1.34. The summed E-state index contributed by atoms with van der Waals surface area (Å²) in [5, 5.41) is 9.29. The molecule has 1 aromatic carbocycles. The van der Waals surface area contributed by atoms with Crippen LogP contribution in [0.3, 0.4) is 0 Å². The smallest absolute Gasteiger partial charge is 0.132 e. The number of benzene rings is 1. The molecule has 116 valence electrons. The summed E-state index contributed by atoms with van der Waals surface area (Å²) in [7, 11) is 1.67. The molecule has 0 aliphatic rings. The molecule has 1 aromatic rings. The molecule has 5 heteroatoms. The predicted molar refractivity (Wildman–Crippen MR) is 80.7 cm³/mol. The Hall–Kier alpha value is -1.45. The SMILES string of the molecule is COCCCOCCOCCC(N)(C#N)c1ccccc1. The van der Waals surface area contributed by atoms with Crippen LogP contribution < -0.4 is 5.73 Å². The fourth-order valence-electron chi connectivity index (χ4n) is 1.86. The molecule has 21 heavy (non-hydrogen) atoms. The highest BCUT2D eigenvalue weighted by molar-refractivity contribution is 5.30. The van der Waals surface area contributed by atoms with E-state index in [0.29, 0.717) is 39.5 Å². The Morgan fingerprint density at radius 3 is 2.33 bits per heavy atom. The van der Waals surface area contributed by atoms with Gasteiger partial charge in [0, 0.05) is 33.4 Å². The number of nitrogens with two attached hydrogens (primary N) is 1. The number of hydrogen-bond donors (Lipinski definition) is 1. The average Bonchev–Trinajstić information content (AvgIpc) is 2.54. The van der Waals surface area contributed by atoms with E-state index in [2.05, 4.69) is 6.07 Å². The lowest BCUT2D eigenvalue weighted by Gasteiger charge is -2.21. The van der Waals surface area contributed by atoms with Gasteiger partial charge < -0.3 is 19.9 Å². The molecule has 0 radical (unpaired) electrons. The van der Waals surface area contributed by atoms with Crippen LogP contribution in [-0.4, -0.2) is 40.1 Å². The quantitative estimate of drug-likeness (QED) is 0.630. The third-order valence-corrected chi connectivity index (χ3v) is 3.14. The Bertz CT molecular complexity index is 419. The van der Waals surface area contributed by atoms with Crippen LogP contribution in [0.5, 0.6) is 0 Å². The lowest BCUT2D eigenvalue weighted by atomic mass is 9.89. The monoisotopic (exact) mass is 292 g/mol. The van der Waals surface area contributed by atoms with Crippen molar-refractivity contribution in [3.63, 3.8) is 0 Å². The van der Waals surface area contributed by atoms with Crippen molar-refractivity contribution >= 4 is 0 Å². The van der Waals surface area contributed by atoms with Crippen molar-refractivity contribution in [3.8, 4) is 6.07 Å². The number of rotatable bonds is 11. The van der Waals surface area contributed by atoms with Crippen LogP contribution in [0.2, 0.25) is 0 Å². The van der Waals surface area contributed by atoms with Gasteiger partial charge in [-0.1, -0.05) is 30.3 Å². The number of hydrogen-bond acceptors (Lipinski definition) is 5. The minimum Gasteiger partial charge on any atom is -0.385 e. The minimum atomic E-state index is -0.999. The maximum Gasteiger partial charge on any atom is 0.132 e. The minimum absolute atomic E-state index is 0.431. The Labute approximate surface area is 126 Å². The lowest BCUT2D eigenvalue weighted by Crippen LogP contribution is -2.36. The van der Waals surface area contributed by atoms with E-state index in [-0.39, 0.29) is 0 Å². The first-order valence-electron chi connectivity index (χ1n) is 7.13. The largest absolute Gasteiger partial charge is 0.385 e. The molecule has 0 aliphatic heterocycles. The number of ether oxygens (including phenoxy) is 3. The lowest BCUT2D eigenvalue weighted by molar-refractivity contribution is 0.0360. The topological polar surface area (TPSA) is 77.5 Å². The summed E-state index contributed by atoms with van der Waals surface area (Å²) in [4.78, 5) is 0. The zero-order valence-electron chi connectivity index (χ0n) is 12.6. The summed E-state index contributed by atoms with van der Waals surface area (Å²) in [6.45, 7) is 2.85. The van der Waals surface area contributed by atoms with Crippen LogP contribution >= 0.6 is 0 Å². The molecule has 0 saturated carbocycles. The number of methoxy groups -OCH3 is 1. The molecule has 0 fully saturated rings. The number of nitriles is 1. The van der Waals surface area contributed by atoms with Gasteiger partial charge in [0.25, 0.3) is 0 Å². The van der Waals surface area contributed by atoms with Crippen molar-refractivity contribution in [3.05, 3.63) is 35.9 Å². The zero-order valence-corrected chi connectivity index (χ0v) is 12.6. The molecular formula is C16H24N2O3. The number of nitrogens with zero attached hydrogens (tertiary/aromatic N) is 1. The van der Waals surface area contributed by atoms with Crippen LogP contribution in [0, 0.1) is 11.3 Å². The van der Waals surface area contributed by atoms with E-state index in [1.807, 2.05) is 30.3 Å². The Morgan fingerprint density at radius 2 is 1.71 bits per heavy atom. The van der Waals surface area contributed by atoms with Gasteiger partial charge in [-0.3, -0.25) is 0 Å². The third-order valence-electron chi connectivity index (χ3n) is 3.14. The van der Waals surface area contributed by atoms with Gasteiger partial charge in [-0.15, -0.1) is 0 Å². The molecule has 2 N–H and O–H groups in total. The molecule has 0 heterocycles. The molecule has 0 bridgehead atoms. The van der Waals surface area contributed by atoms with Gasteiger partial charge in [-0.25, -0.2) is 0 Å². The van der Waals surface area contributed by atoms with Gasteiger partial charge in [-0.05, 0) is 12.0 Å². The van der Waals surface area contributed by atoms with Crippen molar-refractivity contribution in [2.75, 3.05) is 40.1 Å². The van der Waals surface area contributed by atoms with Gasteiger partial charge >= 0.3 is 0 Å². The van der Waals surface area contributed by atoms with E-state index in [0.717, 1.165) is 12.0 Å². The van der Waals surface area contributed by atoms with Crippen LogP contribution in [-0.2, 0) is 19.7 Å². The first-order chi connectivity index (χ1) is 10.2. The fraction of sp³-hybridized carbons (Fsp3) is 0.562. The second kappa shape index (κ2) is 10.3. The standard InChI is InChI=1S/C16H24N2O3/c1-19-9-5-10-20-12-13-21-11-8-16(18,14-17)15-6-3-2-4-7-15/h2-4,6-7H,5,8-13,18H2,1H3. The second-order valence-electron chi connectivity index (χ2n) is 4.77. The summed E-state index contributed by atoms with van der Waals surface area (Å²) >= 11 is 0. The molecule has 0 spiro atoms. The zero-order chi connectivity index (χ0) is 15.4. The molecule has 0 amide bonds. The van der Waals surface area contributed by atoms with Crippen molar-refractivity contribution in [2.45, 2.75) is 18.4 Å². The van der Waals surface area contributed by atoms with E-state index in [4.69, 9.17) is 19.9 Å². The van der Waals surface area contributed by atoms with Crippen LogP contribution in [0.4, 0.5) is 0 Å². The van der Waals surface area contributed by atoms with Gasteiger partial charge in [-0.2, -0.15) is 5.26 Å². The summed E-state index contributed by atoms with van der Waals surface area (Å²) in [6, 6.07) is 11.6. The van der Waals surface area contributed by atoms with Crippen molar-refractivity contribution in [2.24, 2.45) is 5.73 Å². The normalized spacial score (nSPS) is 13.6. The highest BCUT2D eigenvalue weighted by atomic mass is 16.5. The van der Waals surface area contributed by atoms with E-state index < -0.39 is 5.54 Å². The molecule has 0 aliphatic carbocycles. The molecule has 1 unspecified atom stereocenters. The molecule has 0 saturated heterocycles. The fourth-order valence-corrected chi connectivity index (χ4v) is 1.86. The predicted octanol–water partition coefficient (Wildman–Crippen LogP) is 1.82. The molecule has 5 nitrogen and oxygen atoms in total. The van der Waals surface area contributed by atoms with E-state index in [1.165, 1.54) is 0 Å². The van der Waals surface area contributed by atoms with Crippen molar-refractivity contribution < 1.29 is 14.2 Å². The maximum absolute atomic E-state index is 9.29. The maximum atomic E-state index is 9.29. The summed E-state index contributed by atoms with van der Waals surface area (Å²) in [5.41, 5.74) is 5.94. The van der Waals surface area contributed by atoms with Gasteiger partial charge in [0.05, 0.1) is 19.3 Å².